The molecule has 0 spiro atoms. The lowest BCUT2D eigenvalue weighted by Crippen LogP contribution is -2.16. The van der Waals surface area contributed by atoms with Gasteiger partial charge in [-0.25, -0.2) is 31.1 Å². The van der Waals surface area contributed by atoms with E-state index in [1.165, 1.54) is 54.9 Å². The molecule has 0 bridgehead atoms. The fraction of sp³-hybridized carbons (Fsp3) is 0.222. The molecule has 0 amide bonds. The zero-order valence-corrected chi connectivity index (χ0v) is 35.6. The molecule has 24 heteroatoms. The monoisotopic (exact) mass is 970 g/mol. The summed E-state index contributed by atoms with van der Waals surface area (Å²) in [5.74, 6) is -2.49. The summed E-state index contributed by atoms with van der Waals surface area (Å²) >= 11 is 19.1. The van der Waals surface area contributed by atoms with Gasteiger partial charge in [0.15, 0.2) is 28.8 Å². The molecule has 0 saturated heterocycles. The van der Waals surface area contributed by atoms with E-state index < -0.39 is 65.4 Å². The number of carboxylic acid groups (broad SMARTS) is 1. The Kier molecular flexibility index (Phi) is 9.97. The van der Waals surface area contributed by atoms with Crippen LogP contribution in [0.1, 0.15) is 66.7 Å². The number of nitrogens with zero attached hydrogens (tertiary/aromatic N) is 2. The third-order valence-electron chi connectivity index (χ3n) is 7.76. The number of aromatic nitrogens is 2. The first kappa shape index (κ1) is 32.7. The summed E-state index contributed by atoms with van der Waals surface area (Å²) in [5.41, 5.74) is 0.792. The van der Waals surface area contributed by atoms with E-state index in [0.717, 1.165) is 28.7 Å². The first-order valence-corrected chi connectivity index (χ1v) is 22.1. The quantitative estimate of drug-likeness (QED) is 0.0814. The van der Waals surface area contributed by atoms with Gasteiger partial charge in [-0.1, -0.05) is 33.5 Å². The standard InChI is InChI=1S/C18H15ClN2O6S2.C9H7ClN2O5S2.C9H9ClO2/c1-9-5-13-14(26-8-25-13)7-11(9)6-12(22)17-15(3-4-28-17)29(23,24)21-18-16(19)10(2)20-27-18;1-4-6(10)8(17-11-4)12-19(15,16)5-2-3-18-7(5)9(13)14;1-6-2-8-9(12-5-11-8)3-7(6)4-10/h3-5,7,21H,6,8H2,1-2H3;2-3,12H,1H3,(H,13,14);2-3H,4-5H2,1H3/i1D3,8D2;;1D3,5D2. The highest BCUT2D eigenvalue weighted by Gasteiger charge is 2.29. The number of aromatic carboxylic acids is 1. The normalized spacial score (nSPS) is 17.1. The number of ether oxygens (including phenoxy) is 4. The van der Waals surface area contributed by atoms with Crippen LogP contribution in [0.15, 0.2) is 66.0 Å². The van der Waals surface area contributed by atoms with Crippen molar-refractivity contribution >= 4 is 101 Å². The van der Waals surface area contributed by atoms with Crippen molar-refractivity contribution < 1.29 is 73.2 Å². The van der Waals surface area contributed by atoms with Gasteiger partial charge >= 0.3 is 5.97 Å². The second-order valence-electron chi connectivity index (χ2n) is 11.8. The van der Waals surface area contributed by atoms with Gasteiger partial charge < -0.3 is 33.1 Å². The topological polar surface area (TPSA) is 236 Å². The van der Waals surface area contributed by atoms with E-state index >= 15 is 0 Å². The maximum Gasteiger partial charge on any atom is 0.347 e. The van der Waals surface area contributed by atoms with Crippen molar-refractivity contribution in [2.45, 2.75) is 49.6 Å². The van der Waals surface area contributed by atoms with Gasteiger partial charge in [-0.05, 0) is 97.0 Å². The second kappa shape index (κ2) is 18.3. The molecule has 4 aromatic heterocycles. The summed E-state index contributed by atoms with van der Waals surface area (Å²) in [7, 11) is -8.39. The highest BCUT2D eigenvalue weighted by molar-refractivity contribution is 7.93. The zero-order valence-electron chi connectivity index (χ0n) is 40.0. The lowest BCUT2D eigenvalue weighted by atomic mass is 10.0. The number of rotatable bonds is 11. The van der Waals surface area contributed by atoms with Crippen molar-refractivity contribution in [2.24, 2.45) is 0 Å². The number of hydrogen-bond donors (Lipinski definition) is 3. The molecule has 6 heterocycles. The van der Waals surface area contributed by atoms with Crippen LogP contribution in [-0.2, 0) is 32.3 Å². The van der Waals surface area contributed by atoms with Gasteiger partial charge in [-0.3, -0.25) is 4.79 Å². The number of Topliss-reactive ketones (excluding diaryl/α,β-unsaturated/α-hetero) is 1. The van der Waals surface area contributed by atoms with E-state index in [1.54, 1.807) is 0 Å². The minimum Gasteiger partial charge on any atom is -0.477 e. The summed E-state index contributed by atoms with van der Waals surface area (Å²) in [5, 5.41) is 18.7. The fourth-order valence-corrected chi connectivity index (χ4v) is 10.0. The smallest absolute Gasteiger partial charge is 0.347 e. The van der Waals surface area contributed by atoms with Gasteiger partial charge in [0.05, 0.1) is 4.88 Å². The molecule has 17 nitrogen and oxygen atoms in total. The van der Waals surface area contributed by atoms with Crippen molar-refractivity contribution in [3.8, 4) is 23.0 Å². The largest absolute Gasteiger partial charge is 0.477 e. The number of carbonyl (C=O) groups excluding carboxylic acids is 1. The lowest BCUT2D eigenvalue weighted by molar-refractivity contribution is 0.0698. The van der Waals surface area contributed by atoms with E-state index in [4.69, 9.17) is 81.6 Å². The van der Waals surface area contributed by atoms with Crippen LogP contribution in [-0.4, -0.2) is 57.5 Å². The number of anilines is 2. The Hall–Kier alpha value is -5.03. The number of nitrogens with one attached hydrogen (secondary N) is 2. The molecular formula is C36H31Cl3N4O13S4. The Balaban J connectivity index is 0.000000189. The van der Waals surface area contributed by atoms with Crippen LogP contribution in [0.4, 0.5) is 11.8 Å². The number of carboxylic acids is 1. The number of hydrogen-bond acceptors (Lipinski definition) is 16. The van der Waals surface area contributed by atoms with Gasteiger partial charge in [-0.2, -0.15) is 0 Å². The third-order valence-corrected chi connectivity index (χ3v) is 13.8. The van der Waals surface area contributed by atoms with E-state index in [1.807, 2.05) is 0 Å². The second-order valence-corrected chi connectivity index (χ2v) is 17.9. The predicted octanol–water partition coefficient (Wildman–Crippen LogP) is 8.62. The molecule has 0 saturated carbocycles. The highest BCUT2D eigenvalue weighted by Crippen LogP contribution is 2.37. The molecular weight excluding hydrogens is 931 g/mol. The molecule has 318 valence electrons. The molecule has 0 atom stereocenters. The summed E-state index contributed by atoms with van der Waals surface area (Å²) in [6, 6.07) is 7.36. The van der Waals surface area contributed by atoms with Crippen LogP contribution in [0.3, 0.4) is 0 Å². The van der Waals surface area contributed by atoms with Crippen molar-refractivity contribution in [3.05, 3.63) is 101 Å². The van der Waals surface area contributed by atoms with Gasteiger partial charge in [0.1, 0.15) is 41.6 Å². The van der Waals surface area contributed by atoms with Crippen LogP contribution >= 0.6 is 57.5 Å². The Morgan fingerprint density at radius 3 is 1.63 bits per heavy atom. The average Bonchev–Trinajstić information content (AvgIpc) is 4.11. The maximum atomic E-state index is 13.1. The molecule has 2 aromatic carbocycles. The molecule has 0 unspecified atom stereocenters. The Morgan fingerprint density at radius 1 is 0.767 bits per heavy atom. The number of benzene rings is 2. The molecule has 6 aromatic rings. The molecule has 3 N–H and O–H groups in total. The van der Waals surface area contributed by atoms with Gasteiger partial charge in [-0.15, -0.1) is 34.3 Å². The zero-order chi connectivity index (χ0) is 52.1. The predicted molar refractivity (Wildman–Crippen MR) is 222 cm³/mol. The fourth-order valence-electron chi connectivity index (χ4n) is 4.83. The van der Waals surface area contributed by atoms with Crippen LogP contribution in [0.2, 0.25) is 10.0 Å². The lowest BCUT2D eigenvalue weighted by Gasteiger charge is -2.09. The number of sulfonamides is 2. The van der Waals surface area contributed by atoms with Crippen molar-refractivity contribution in [3.63, 3.8) is 0 Å². The molecule has 0 fully saturated rings. The van der Waals surface area contributed by atoms with Crippen molar-refractivity contribution in [1.82, 2.24) is 10.3 Å². The maximum absolute atomic E-state index is 13.1. The number of ketones is 1. The number of alkyl halides is 1. The van der Waals surface area contributed by atoms with Gasteiger partial charge in [0.2, 0.25) is 13.5 Å². The van der Waals surface area contributed by atoms with Crippen molar-refractivity contribution in [2.75, 3.05) is 22.9 Å². The van der Waals surface area contributed by atoms with E-state index in [-0.39, 0.29) is 92.6 Å². The molecule has 8 rings (SSSR count). The summed E-state index contributed by atoms with van der Waals surface area (Å²) in [4.78, 5) is 22.9. The van der Waals surface area contributed by atoms with Crippen LogP contribution in [0, 0.1) is 27.6 Å². The summed E-state index contributed by atoms with van der Waals surface area (Å²) in [6.07, 6.45) is -0.488. The summed E-state index contributed by atoms with van der Waals surface area (Å²) < 4.78 is 158. The third kappa shape index (κ3) is 9.78. The van der Waals surface area contributed by atoms with Crippen LogP contribution < -0.4 is 28.4 Å². The average molecular weight is 972 g/mol. The van der Waals surface area contributed by atoms with Crippen LogP contribution in [0.25, 0.3) is 0 Å². The number of carbonyl (C=O) groups is 2. The number of fused-ring (bicyclic) bond motifs is 2. The SMILES string of the molecule is Cc1noc(NS(=O)(=O)c2ccsc2C(=O)O)c1Cl.[2H]C1([2H])Oc2cc(CC(=O)c3sccc3S(=O)(=O)Nc3onc(C)c3Cl)c(C([2H])([2H])[2H])cc2O1.[2H]C1([2H])Oc2cc(CCl)c(C([2H])([2H])[2H])cc2O1. The molecule has 2 aliphatic heterocycles. The molecule has 0 radical (unpaired) electrons. The highest BCUT2D eigenvalue weighted by atomic mass is 35.5. The first-order valence-electron chi connectivity index (χ1n) is 21.1. The van der Waals surface area contributed by atoms with E-state index in [9.17, 15) is 26.4 Å². The van der Waals surface area contributed by atoms with Crippen molar-refractivity contribution in [1.29, 1.82) is 0 Å². The minimum absolute atomic E-state index is 0.00730. The Bertz CT molecular complexity index is 3230. The van der Waals surface area contributed by atoms with E-state index in [2.05, 4.69) is 19.8 Å². The minimum atomic E-state index is -4.29. The molecule has 0 aliphatic carbocycles. The van der Waals surface area contributed by atoms with Gasteiger partial charge in [0, 0.05) is 20.5 Å². The number of halogens is 3. The first-order chi connectivity index (χ1) is 32.2. The van der Waals surface area contributed by atoms with E-state index in [0.29, 0.717) is 11.3 Å². The number of aryl methyl sites for hydroxylation is 4. The van der Waals surface area contributed by atoms with Gasteiger partial charge in [0.25, 0.3) is 31.8 Å². The summed E-state index contributed by atoms with van der Waals surface area (Å²) in [6.45, 7) is -6.68. The molecule has 60 heavy (non-hydrogen) atoms. The Morgan fingerprint density at radius 2 is 1.20 bits per heavy atom. The number of thiophene rings is 2. The Labute approximate surface area is 379 Å². The van der Waals surface area contributed by atoms with Crippen LogP contribution in [0.5, 0.6) is 23.0 Å². The molecule has 2 aliphatic rings.